The van der Waals surface area contributed by atoms with E-state index in [9.17, 15) is 0 Å². The molecule has 5 heteroatoms. The van der Waals surface area contributed by atoms with Crippen molar-refractivity contribution in [2.45, 2.75) is 52.6 Å². The number of imidazole rings is 1. The Morgan fingerprint density at radius 3 is 2.72 bits per heavy atom. The van der Waals surface area contributed by atoms with Gasteiger partial charge < -0.3 is 5.73 Å². The molecule has 1 aliphatic carbocycles. The molecule has 0 bridgehead atoms. The first-order valence-electron chi connectivity index (χ1n) is 6.84. The molecule has 2 N–H and O–H groups in total. The minimum atomic E-state index is 0.421. The Morgan fingerprint density at radius 1 is 1.44 bits per heavy atom. The number of anilines is 1. The second-order valence-corrected chi connectivity index (χ2v) is 5.34. The van der Waals surface area contributed by atoms with Crippen molar-refractivity contribution in [3.8, 4) is 0 Å². The van der Waals surface area contributed by atoms with Crippen molar-refractivity contribution in [3.05, 3.63) is 5.69 Å². The highest BCUT2D eigenvalue weighted by Gasteiger charge is 2.29. The van der Waals surface area contributed by atoms with Crippen LogP contribution in [-0.2, 0) is 6.54 Å². The summed E-state index contributed by atoms with van der Waals surface area (Å²) in [6, 6.07) is 0.421. The van der Waals surface area contributed by atoms with Gasteiger partial charge in [0.15, 0.2) is 5.65 Å². The largest absolute Gasteiger partial charge is 0.369 e. The van der Waals surface area contributed by atoms with E-state index in [1.807, 2.05) is 11.6 Å². The van der Waals surface area contributed by atoms with Crippen LogP contribution in [-0.4, -0.2) is 19.3 Å². The fraction of sp³-hybridized carbons (Fsp3) is 0.692. The lowest BCUT2D eigenvalue weighted by molar-refractivity contribution is 0.226. The molecule has 1 aliphatic rings. The van der Waals surface area contributed by atoms with Crippen molar-refractivity contribution in [2.75, 3.05) is 5.73 Å². The second-order valence-electron chi connectivity index (χ2n) is 5.34. The summed E-state index contributed by atoms with van der Waals surface area (Å²) >= 11 is 0. The molecule has 3 rings (SSSR count). The first-order valence-corrected chi connectivity index (χ1v) is 6.84. The average Bonchev–Trinajstić information content (AvgIpc) is 2.73. The van der Waals surface area contributed by atoms with Gasteiger partial charge in [-0.2, -0.15) is 5.10 Å². The SMILES string of the molecule is CCn1nc(C)c2nc(N)n(C(C)C3CCC3)c21. The fourth-order valence-electron chi connectivity index (χ4n) is 2.96. The number of nitrogen functional groups attached to an aromatic ring is 1. The van der Waals surface area contributed by atoms with E-state index in [1.54, 1.807) is 0 Å². The standard InChI is InChI=1S/C13H21N5/c1-4-17-12-11(8(2)16-17)15-13(14)18(12)9(3)10-6-5-7-10/h9-10H,4-7H2,1-3H3,(H2,14,15). The van der Waals surface area contributed by atoms with Crippen molar-refractivity contribution in [3.63, 3.8) is 0 Å². The summed E-state index contributed by atoms with van der Waals surface area (Å²) in [4.78, 5) is 4.50. The van der Waals surface area contributed by atoms with Crippen LogP contribution in [0.4, 0.5) is 5.95 Å². The number of aryl methyl sites for hydroxylation is 2. The van der Waals surface area contributed by atoms with Gasteiger partial charge >= 0.3 is 0 Å². The van der Waals surface area contributed by atoms with Crippen LogP contribution in [0, 0.1) is 12.8 Å². The molecule has 1 fully saturated rings. The van der Waals surface area contributed by atoms with E-state index < -0.39 is 0 Å². The third-order valence-corrected chi connectivity index (χ3v) is 4.31. The van der Waals surface area contributed by atoms with Crippen LogP contribution in [0.1, 0.15) is 44.8 Å². The Labute approximate surface area is 107 Å². The molecule has 0 radical (unpaired) electrons. The van der Waals surface area contributed by atoms with Crippen molar-refractivity contribution in [1.29, 1.82) is 0 Å². The maximum atomic E-state index is 6.12. The zero-order chi connectivity index (χ0) is 12.9. The minimum absolute atomic E-state index is 0.421. The number of rotatable bonds is 3. The highest BCUT2D eigenvalue weighted by atomic mass is 15.4. The Balaban J connectivity index is 2.16. The van der Waals surface area contributed by atoms with E-state index in [2.05, 4.69) is 28.5 Å². The third-order valence-electron chi connectivity index (χ3n) is 4.31. The third kappa shape index (κ3) is 1.46. The molecule has 2 aromatic heterocycles. The highest BCUT2D eigenvalue weighted by molar-refractivity contribution is 5.77. The minimum Gasteiger partial charge on any atom is -0.369 e. The molecule has 0 saturated heterocycles. The zero-order valence-corrected chi connectivity index (χ0v) is 11.3. The normalized spacial score (nSPS) is 18.2. The van der Waals surface area contributed by atoms with E-state index in [0.717, 1.165) is 29.3 Å². The monoisotopic (exact) mass is 247 g/mol. The molecular weight excluding hydrogens is 226 g/mol. The van der Waals surface area contributed by atoms with E-state index in [-0.39, 0.29) is 0 Å². The number of nitrogens with two attached hydrogens (primary N) is 1. The van der Waals surface area contributed by atoms with E-state index in [1.165, 1.54) is 19.3 Å². The van der Waals surface area contributed by atoms with Gasteiger partial charge in [0, 0.05) is 12.6 Å². The highest BCUT2D eigenvalue weighted by Crippen LogP contribution is 2.39. The van der Waals surface area contributed by atoms with Gasteiger partial charge in [-0.1, -0.05) is 6.42 Å². The molecule has 5 nitrogen and oxygen atoms in total. The lowest BCUT2D eigenvalue weighted by Gasteiger charge is -2.32. The topological polar surface area (TPSA) is 61.7 Å². The van der Waals surface area contributed by atoms with Gasteiger partial charge in [-0.15, -0.1) is 0 Å². The summed E-state index contributed by atoms with van der Waals surface area (Å²) in [5.41, 5.74) is 9.14. The number of fused-ring (bicyclic) bond motifs is 1. The summed E-state index contributed by atoms with van der Waals surface area (Å²) in [7, 11) is 0. The van der Waals surface area contributed by atoms with Crippen molar-refractivity contribution >= 4 is 17.1 Å². The van der Waals surface area contributed by atoms with Crippen LogP contribution in [0.15, 0.2) is 0 Å². The molecule has 1 saturated carbocycles. The Kier molecular flexibility index (Phi) is 2.57. The molecule has 2 heterocycles. The quantitative estimate of drug-likeness (QED) is 0.906. The number of hydrogen-bond donors (Lipinski definition) is 1. The lowest BCUT2D eigenvalue weighted by atomic mass is 9.80. The molecule has 0 aliphatic heterocycles. The molecular formula is C13H21N5. The summed E-state index contributed by atoms with van der Waals surface area (Å²) in [5.74, 6) is 1.37. The van der Waals surface area contributed by atoms with Crippen LogP contribution in [0.3, 0.4) is 0 Å². The van der Waals surface area contributed by atoms with Gasteiger partial charge in [0.05, 0.1) is 5.69 Å². The average molecular weight is 247 g/mol. The molecule has 0 spiro atoms. The van der Waals surface area contributed by atoms with Gasteiger partial charge in [-0.3, -0.25) is 4.57 Å². The van der Waals surface area contributed by atoms with Gasteiger partial charge in [0.2, 0.25) is 5.95 Å². The molecule has 18 heavy (non-hydrogen) atoms. The number of hydrogen-bond acceptors (Lipinski definition) is 3. The molecule has 98 valence electrons. The molecule has 0 amide bonds. The van der Waals surface area contributed by atoms with Gasteiger partial charge in [0.25, 0.3) is 0 Å². The Morgan fingerprint density at radius 2 is 2.17 bits per heavy atom. The van der Waals surface area contributed by atoms with Crippen molar-refractivity contribution in [2.24, 2.45) is 5.92 Å². The van der Waals surface area contributed by atoms with Crippen LogP contribution in [0.5, 0.6) is 0 Å². The van der Waals surface area contributed by atoms with Crippen LogP contribution in [0.25, 0.3) is 11.2 Å². The van der Waals surface area contributed by atoms with Crippen molar-refractivity contribution in [1.82, 2.24) is 19.3 Å². The molecule has 1 unspecified atom stereocenters. The Hall–Kier alpha value is -1.52. The van der Waals surface area contributed by atoms with Gasteiger partial charge in [-0.05, 0) is 39.5 Å². The van der Waals surface area contributed by atoms with Gasteiger partial charge in [0.1, 0.15) is 5.52 Å². The summed E-state index contributed by atoms with van der Waals surface area (Å²) in [6.07, 6.45) is 3.96. The maximum absolute atomic E-state index is 6.12. The Bertz CT molecular complexity index is 576. The summed E-state index contributed by atoms with van der Waals surface area (Å²) < 4.78 is 4.20. The maximum Gasteiger partial charge on any atom is 0.202 e. The first-order chi connectivity index (χ1) is 8.63. The smallest absolute Gasteiger partial charge is 0.202 e. The fourth-order valence-corrected chi connectivity index (χ4v) is 2.96. The first kappa shape index (κ1) is 11.6. The van der Waals surface area contributed by atoms with E-state index >= 15 is 0 Å². The predicted molar refractivity (Wildman–Crippen MR) is 72.4 cm³/mol. The zero-order valence-electron chi connectivity index (χ0n) is 11.3. The second kappa shape index (κ2) is 4.00. The van der Waals surface area contributed by atoms with Crippen molar-refractivity contribution < 1.29 is 0 Å². The van der Waals surface area contributed by atoms with Crippen LogP contribution >= 0.6 is 0 Å². The van der Waals surface area contributed by atoms with E-state index in [4.69, 9.17) is 5.73 Å². The molecule has 0 aromatic carbocycles. The van der Waals surface area contributed by atoms with Crippen LogP contribution in [0.2, 0.25) is 0 Å². The van der Waals surface area contributed by atoms with Crippen LogP contribution < -0.4 is 5.73 Å². The predicted octanol–water partition coefficient (Wildman–Crippen LogP) is 2.50. The summed E-state index contributed by atoms with van der Waals surface area (Å²) in [5, 5.41) is 4.53. The van der Waals surface area contributed by atoms with Gasteiger partial charge in [-0.25, -0.2) is 9.67 Å². The lowest BCUT2D eigenvalue weighted by Crippen LogP contribution is -2.24. The molecule has 1 atom stereocenters. The summed E-state index contributed by atoms with van der Waals surface area (Å²) in [6.45, 7) is 7.21. The number of aromatic nitrogens is 4. The van der Waals surface area contributed by atoms with E-state index in [0.29, 0.717) is 12.0 Å². The number of nitrogens with zero attached hydrogens (tertiary/aromatic N) is 4. The molecule has 2 aromatic rings.